The van der Waals surface area contributed by atoms with Gasteiger partial charge in [0, 0.05) is 26.0 Å². The Morgan fingerprint density at radius 1 is 1.40 bits per heavy atom. The predicted octanol–water partition coefficient (Wildman–Crippen LogP) is 1.46. The topological polar surface area (TPSA) is 74.8 Å². The molecule has 0 saturated carbocycles. The van der Waals surface area contributed by atoms with E-state index in [-0.39, 0.29) is 5.91 Å². The smallest absolute Gasteiger partial charge is 0.273 e. The van der Waals surface area contributed by atoms with Crippen molar-refractivity contribution < 1.29 is 4.79 Å². The molecule has 2 aromatic rings. The lowest BCUT2D eigenvalue weighted by Gasteiger charge is -2.08. The minimum Gasteiger partial charge on any atom is -0.343 e. The highest BCUT2D eigenvalue weighted by Gasteiger charge is 2.15. The summed E-state index contributed by atoms with van der Waals surface area (Å²) in [6.07, 6.45) is 1.64. The molecule has 0 atom stereocenters. The minimum absolute atomic E-state index is 0.188. The van der Waals surface area contributed by atoms with E-state index in [2.05, 4.69) is 16.2 Å². The zero-order valence-electron chi connectivity index (χ0n) is 11.9. The van der Waals surface area contributed by atoms with Crippen molar-refractivity contribution >= 4 is 5.91 Å². The van der Waals surface area contributed by atoms with Crippen LogP contribution in [0.3, 0.4) is 0 Å². The van der Waals surface area contributed by atoms with Crippen LogP contribution in [0, 0.1) is 25.2 Å². The Kier molecular flexibility index (Phi) is 3.53. The molecule has 20 heavy (non-hydrogen) atoms. The van der Waals surface area contributed by atoms with Gasteiger partial charge in [-0.15, -0.1) is 0 Å². The molecule has 0 aliphatic rings. The van der Waals surface area contributed by atoms with Crippen molar-refractivity contribution in [2.45, 2.75) is 13.8 Å². The molecule has 0 N–H and O–H groups in total. The van der Waals surface area contributed by atoms with E-state index in [0.717, 1.165) is 11.3 Å². The lowest BCUT2D eigenvalue weighted by molar-refractivity contribution is 0.0821. The monoisotopic (exact) mass is 269 g/mol. The van der Waals surface area contributed by atoms with Gasteiger partial charge >= 0.3 is 0 Å². The van der Waals surface area contributed by atoms with Crippen LogP contribution in [0.1, 0.15) is 27.3 Å². The second kappa shape index (κ2) is 5.13. The van der Waals surface area contributed by atoms with Crippen molar-refractivity contribution in [2.75, 3.05) is 14.1 Å². The Hall–Kier alpha value is -2.68. The average Bonchev–Trinajstić information content (AvgIpc) is 2.86. The van der Waals surface area contributed by atoms with Crippen LogP contribution >= 0.6 is 0 Å². The lowest BCUT2D eigenvalue weighted by Crippen LogP contribution is -2.22. The third kappa shape index (κ3) is 2.38. The third-order valence-electron chi connectivity index (χ3n) is 2.87. The Balaban J connectivity index is 2.53. The number of nitrogens with zero attached hydrogens (tertiary/aromatic N) is 5. The number of amides is 1. The first-order valence-corrected chi connectivity index (χ1v) is 6.10. The molecule has 0 radical (unpaired) electrons. The van der Waals surface area contributed by atoms with E-state index in [1.165, 1.54) is 9.58 Å². The number of carbonyl (C=O) groups is 1. The summed E-state index contributed by atoms with van der Waals surface area (Å²) in [5.41, 5.74) is 2.42. The van der Waals surface area contributed by atoms with Gasteiger partial charge in [-0.2, -0.15) is 10.4 Å². The summed E-state index contributed by atoms with van der Waals surface area (Å²) in [5.74, 6) is 0.259. The number of aromatic nitrogens is 3. The van der Waals surface area contributed by atoms with Crippen molar-refractivity contribution in [3.8, 4) is 11.9 Å². The summed E-state index contributed by atoms with van der Waals surface area (Å²) in [5, 5.41) is 13.5. The number of aryl methyl sites for hydroxylation is 2. The highest BCUT2D eigenvalue weighted by atomic mass is 16.2. The zero-order chi connectivity index (χ0) is 14.9. The molecule has 1 amide bonds. The Morgan fingerprint density at radius 2 is 2.10 bits per heavy atom. The second-order valence-electron chi connectivity index (χ2n) is 4.74. The van der Waals surface area contributed by atoms with E-state index in [4.69, 9.17) is 0 Å². The Labute approximate surface area is 117 Å². The molecule has 0 aromatic carbocycles. The first-order valence-electron chi connectivity index (χ1n) is 6.10. The fraction of sp³-hybridized carbons (Fsp3) is 0.286. The molecule has 102 valence electrons. The van der Waals surface area contributed by atoms with Crippen molar-refractivity contribution in [3.63, 3.8) is 0 Å². The lowest BCUT2D eigenvalue weighted by atomic mass is 10.1. The molecule has 0 unspecified atom stereocenters. The summed E-state index contributed by atoms with van der Waals surface area (Å²) >= 11 is 0. The summed E-state index contributed by atoms with van der Waals surface area (Å²) < 4.78 is 1.47. The quantitative estimate of drug-likeness (QED) is 0.827. The molecule has 0 fully saturated rings. The van der Waals surface area contributed by atoms with Gasteiger partial charge in [0.2, 0.25) is 0 Å². The van der Waals surface area contributed by atoms with Gasteiger partial charge in [0.15, 0.2) is 11.5 Å². The van der Waals surface area contributed by atoms with Crippen LogP contribution in [0.25, 0.3) is 5.82 Å². The number of hydrogen-bond acceptors (Lipinski definition) is 4. The summed E-state index contributed by atoms with van der Waals surface area (Å²) in [7, 11) is 3.33. The number of pyridine rings is 1. The van der Waals surface area contributed by atoms with Crippen LogP contribution in [-0.4, -0.2) is 39.7 Å². The van der Waals surface area contributed by atoms with Crippen molar-refractivity contribution in [1.82, 2.24) is 19.7 Å². The molecule has 0 bridgehead atoms. The number of rotatable bonds is 2. The summed E-state index contributed by atoms with van der Waals surface area (Å²) in [4.78, 5) is 17.6. The maximum absolute atomic E-state index is 11.8. The molecule has 2 aromatic heterocycles. The third-order valence-corrected chi connectivity index (χ3v) is 2.87. The highest BCUT2D eigenvalue weighted by Crippen LogP contribution is 2.16. The van der Waals surface area contributed by atoms with Gasteiger partial charge in [-0.05, 0) is 31.5 Å². The number of nitriles is 1. The second-order valence-corrected chi connectivity index (χ2v) is 4.74. The molecule has 2 rings (SSSR count). The first kappa shape index (κ1) is 13.7. The minimum atomic E-state index is -0.188. The molecule has 6 nitrogen and oxygen atoms in total. The fourth-order valence-corrected chi connectivity index (χ4v) is 1.91. The van der Waals surface area contributed by atoms with Gasteiger partial charge in [-0.3, -0.25) is 4.79 Å². The van der Waals surface area contributed by atoms with Gasteiger partial charge in [0.1, 0.15) is 6.07 Å². The van der Waals surface area contributed by atoms with E-state index in [1.54, 1.807) is 26.4 Å². The molecular formula is C14H15N5O. The van der Waals surface area contributed by atoms with Gasteiger partial charge < -0.3 is 4.90 Å². The van der Waals surface area contributed by atoms with E-state index in [0.29, 0.717) is 17.1 Å². The highest BCUT2D eigenvalue weighted by molar-refractivity contribution is 5.91. The summed E-state index contributed by atoms with van der Waals surface area (Å²) in [6.45, 7) is 3.71. The van der Waals surface area contributed by atoms with E-state index in [1.807, 2.05) is 19.9 Å². The molecule has 6 heteroatoms. The van der Waals surface area contributed by atoms with Gasteiger partial charge in [-0.25, -0.2) is 9.67 Å². The zero-order valence-corrected chi connectivity index (χ0v) is 11.9. The predicted molar refractivity (Wildman–Crippen MR) is 73.6 cm³/mol. The van der Waals surface area contributed by atoms with Crippen LogP contribution in [-0.2, 0) is 0 Å². The van der Waals surface area contributed by atoms with Gasteiger partial charge in [0.05, 0.1) is 5.56 Å². The molecule has 0 aliphatic heterocycles. The summed E-state index contributed by atoms with van der Waals surface area (Å²) in [6, 6.07) is 5.59. The normalized spacial score (nSPS) is 10.2. The maximum Gasteiger partial charge on any atom is 0.273 e. The first-order chi connectivity index (χ1) is 9.43. The van der Waals surface area contributed by atoms with Gasteiger partial charge in [-0.1, -0.05) is 0 Å². The van der Waals surface area contributed by atoms with Crippen LogP contribution in [0.4, 0.5) is 0 Å². The van der Waals surface area contributed by atoms with Gasteiger partial charge in [0.25, 0.3) is 5.91 Å². The molecule has 0 aliphatic carbocycles. The molecule has 0 spiro atoms. The van der Waals surface area contributed by atoms with E-state index < -0.39 is 0 Å². The SMILES string of the molecule is Cc1cc(C)c(C#N)c(-n2ccc(C(=O)N(C)C)n2)n1. The van der Waals surface area contributed by atoms with Crippen molar-refractivity contribution in [3.05, 3.63) is 40.8 Å². The maximum atomic E-state index is 11.8. The molecule has 0 saturated heterocycles. The number of hydrogen-bond donors (Lipinski definition) is 0. The van der Waals surface area contributed by atoms with Crippen molar-refractivity contribution in [1.29, 1.82) is 5.26 Å². The molecule has 2 heterocycles. The fourth-order valence-electron chi connectivity index (χ4n) is 1.91. The van der Waals surface area contributed by atoms with Crippen LogP contribution in [0.5, 0.6) is 0 Å². The Bertz CT molecular complexity index is 709. The standard InChI is InChI=1S/C14H15N5O/c1-9-7-10(2)16-13(11(9)8-15)19-6-5-12(17-19)14(20)18(3)4/h5-7H,1-4H3. The van der Waals surface area contributed by atoms with Crippen LogP contribution in [0.2, 0.25) is 0 Å². The van der Waals surface area contributed by atoms with Crippen LogP contribution in [0.15, 0.2) is 18.3 Å². The average molecular weight is 269 g/mol. The van der Waals surface area contributed by atoms with E-state index >= 15 is 0 Å². The Morgan fingerprint density at radius 3 is 2.70 bits per heavy atom. The molecular weight excluding hydrogens is 254 g/mol. The van der Waals surface area contributed by atoms with Crippen molar-refractivity contribution in [2.24, 2.45) is 0 Å². The van der Waals surface area contributed by atoms with Crippen LogP contribution < -0.4 is 0 Å². The largest absolute Gasteiger partial charge is 0.343 e. The van der Waals surface area contributed by atoms with E-state index in [9.17, 15) is 10.1 Å². The number of carbonyl (C=O) groups excluding carboxylic acids is 1.